The molecule has 0 fully saturated rings. The summed E-state index contributed by atoms with van der Waals surface area (Å²) in [5, 5.41) is 10.3. The highest BCUT2D eigenvalue weighted by Crippen LogP contribution is 2.27. The SMILES string of the molecule is Cc1nnc2n1CCN(C(=O)c1csc(-c3ccccc3F)n1)C2. The van der Waals surface area contributed by atoms with E-state index >= 15 is 0 Å². The second-order valence-corrected chi connectivity index (χ2v) is 6.42. The molecular formula is C16H14FN5OS. The van der Waals surface area contributed by atoms with Gasteiger partial charge >= 0.3 is 0 Å². The van der Waals surface area contributed by atoms with Crippen molar-refractivity contribution in [2.24, 2.45) is 0 Å². The molecule has 8 heteroatoms. The average molecular weight is 343 g/mol. The highest BCUT2D eigenvalue weighted by Gasteiger charge is 2.26. The van der Waals surface area contributed by atoms with Gasteiger partial charge in [0.2, 0.25) is 0 Å². The first-order valence-electron chi connectivity index (χ1n) is 7.52. The van der Waals surface area contributed by atoms with Gasteiger partial charge < -0.3 is 9.47 Å². The number of fused-ring (bicyclic) bond motifs is 1. The molecule has 0 aliphatic carbocycles. The van der Waals surface area contributed by atoms with E-state index in [0.717, 1.165) is 11.6 Å². The van der Waals surface area contributed by atoms with Gasteiger partial charge in [0.15, 0.2) is 5.82 Å². The number of nitrogens with zero attached hydrogens (tertiary/aromatic N) is 5. The zero-order valence-corrected chi connectivity index (χ0v) is 13.8. The summed E-state index contributed by atoms with van der Waals surface area (Å²) in [5.74, 6) is 1.12. The second-order valence-electron chi connectivity index (χ2n) is 5.56. The maximum Gasteiger partial charge on any atom is 0.273 e. The molecular weight excluding hydrogens is 329 g/mol. The predicted octanol–water partition coefficient (Wildman–Crippen LogP) is 2.51. The Morgan fingerprint density at radius 3 is 2.92 bits per heavy atom. The van der Waals surface area contributed by atoms with Gasteiger partial charge in [-0.05, 0) is 19.1 Å². The van der Waals surface area contributed by atoms with Gasteiger partial charge in [-0.15, -0.1) is 21.5 Å². The number of halogens is 1. The maximum absolute atomic E-state index is 13.9. The lowest BCUT2D eigenvalue weighted by Gasteiger charge is -2.26. The van der Waals surface area contributed by atoms with Crippen molar-refractivity contribution in [2.45, 2.75) is 20.0 Å². The topological polar surface area (TPSA) is 63.9 Å². The molecule has 3 heterocycles. The minimum Gasteiger partial charge on any atom is -0.328 e. The molecule has 0 N–H and O–H groups in total. The molecule has 0 unspecified atom stereocenters. The third-order valence-corrected chi connectivity index (χ3v) is 4.93. The molecule has 1 aliphatic rings. The van der Waals surface area contributed by atoms with Gasteiger partial charge in [0.25, 0.3) is 5.91 Å². The molecule has 0 radical (unpaired) electrons. The van der Waals surface area contributed by atoms with E-state index in [1.807, 2.05) is 11.5 Å². The predicted molar refractivity (Wildman–Crippen MR) is 87.0 cm³/mol. The van der Waals surface area contributed by atoms with Gasteiger partial charge in [-0.1, -0.05) is 12.1 Å². The van der Waals surface area contributed by atoms with E-state index in [0.29, 0.717) is 35.9 Å². The number of benzene rings is 1. The van der Waals surface area contributed by atoms with Crippen LogP contribution in [-0.2, 0) is 13.1 Å². The highest BCUT2D eigenvalue weighted by atomic mass is 32.1. The molecule has 0 saturated heterocycles. The van der Waals surface area contributed by atoms with Crippen LogP contribution in [0, 0.1) is 12.7 Å². The van der Waals surface area contributed by atoms with Crippen molar-refractivity contribution in [1.82, 2.24) is 24.6 Å². The van der Waals surface area contributed by atoms with Gasteiger partial charge in [0, 0.05) is 24.0 Å². The van der Waals surface area contributed by atoms with E-state index < -0.39 is 0 Å². The molecule has 24 heavy (non-hydrogen) atoms. The second kappa shape index (κ2) is 5.79. The van der Waals surface area contributed by atoms with Crippen LogP contribution in [0.25, 0.3) is 10.6 Å². The Hall–Kier alpha value is -2.61. The Bertz CT molecular complexity index is 919. The number of carbonyl (C=O) groups is 1. The molecule has 122 valence electrons. The van der Waals surface area contributed by atoms with Crippen molar-refractivity contribution in [3.63, 3.8) is 0 Å². The lowest BCUT2D eigenvalue weighted by molar-refractivity contribution is 0.0701. The van der Waals surface area contributed by atoms with Crippen LogP contribution in [-0.4, -0.2) is 37.1 Å². The molecule has 1 amide bonds. The minimum atomic E-state index is -0.340. The Labute approximate surface area is 141 Å². The Morgan fingerprint density at radius 1 is 1.25 bits per heavy atom. The summed E-state index contributed by atoms with van der Waals surface area (Å²) in [6, 6.07) is 6.43. The van der Waals surface area contributed by atoms with Crippen molar-refractivity contribution >= 4 is 17.2 Å². The number of hydrogen-bond donors (Lipinski definition) is 0. The molecule has 3 aromatic rings. The van der Waals surface area contributed by atoms with Gasteiger partial charge in [-0.25, -0.2) is 9.37 Å². The monoisotopic (exact) mass is 343 g/mol. The first-order valence-corrected chi connectivity index (χ1v) is 8.40. The van der Waals surface area contributed by atoms with E-state index in [1.165, 1.54) is 17.4 Å². The molecule has 1 aromatic carbocycles. The lowest BCUT2D eigenvalue weighted by atomic mass is 10.2. The van der Waals surface area contributed by atoms with Crippen LogP contribution in [0.15, 0.2) is 29.6 Å². The van der Waals surface area contributed by atoms with E-state index in [4.69, 9.17) is 0 Å². The summed E-state index contributed by atoms with van der Waals surface area (Å²) >= 11 is 1.27. The van der Waals surface area contributed by atoms with Crippen molar-refractivity contribution in [3.8, 4) is 10.6 Å². The summed E-state index contributed by atoms with van der Waals surface area (Å²) in [6.07, 6.45) is 0. The number of aromatic nitrogens is 4. The highest BCUT2D eigenvalue weighted by molar-refractivity contribution is 7.13. The largest absolute Gasteiger partial charge is 0.328 e. The van der Waals surface area contributed by atoms with Gasteiger partial charge in [-0.2, -0.15) is 0 Å². The molecule has 1 aliphatic heterocycles. The summed E-state index contributed by atoms with van der Waals surface area (Å²) in [6.45, 7) is 3.56. The van der Waals surface area contributed by atoms with Crippen molar-refractivity contribution < 1.29 is 9.18 Å². The smallest absolute Gasteiger partial charge is 0.273 e. The van der Waals surface area contributed by atoms with E-state index in [9.17, 15) is 9.18 Å². The quantitative estimate of drug-likeness (QED) is 0.717. The van der Waals surface area contributed by atoms with Gasteiger partial charge in [0.05, 0.1) is 6.54 Å². The van der Waals surface area contributed by atoms with Crippen LogP contribution in [0.3, 0.4) is 0 Å². The fraction of sp³-hybridized carbons (Fsp3) is 0.250. The van der Waals surface area contributed by atoms with E-state index in [-0.39, 0.29) is 11.7 Å². The fourth-order valence-corrected chi connectivity index (χ4v) is 3.59. The number of hydrogen-bond acceptors (Lipinski definition) is 5. The number of thiazole rings is 1. The molecule has 0 saturated carbocycles. The van der Waals surface area contributed by atoms with Crippen LogP contribution in [0.1, 0.15) is 22.1 Å². The van der Waals surface area contributed by atoms with Crippen LogP contribution >= 0.6 is 11.3 Å². The molecule has 0 atom stereocenters. The zero-order chi connectivity index (χ0) is 16.7. The molecule has 4 rings (SSSR count). The maximum atomic E-state index is 13.9. The summed E-state index contributed by atoms with van der Waals surface area (Å²) < 4.78 is 15.9. The number of carbonyl (C=O) groups excluding carboxylic acids is 1. The van der Waals surface area contributed by atoms with Crippen LogP contribution in [0.4, 0.5) is 4.39 Å². The third kappa shape index (κ3) is 2.48. The summed E-state index contributed by atoms with van der Waals surface area (Å²) in [4.78, 5) is 18.7. The Kier molecular flexibility index (Phi) is 3.61. The van der Waals surface area contributed by atoms with Crippen molar-refractivity contribution in [2.75, 3.05) is 6.54 Å². The van der Waals surface area contributed by atoms with Crippen LogP contribution < -0.4 is 0 Å². The molecule has 2 aromatic heterocycles. The lowest BCUT2D eigenvalue weighted by Crippen LogP contribution is -2.38. The Balaban J connectivity index is 1.57. The minimum absolute atomic E-state index is 0.166. The number of aryl methyl sites for hydroxylation is 1. The van der Waals surface area contributed by atoms with Crippen molar-refractivity contribution in [3.05, 3.63) is 52.8 Å². The van der Waals surface area contributed by atoms with Crippen molar-refractivity contribution in [1.29, 1.82) is 0 Å². The van der Waals surface area contributed by atoms with Crippen LogP contribution in [0.2, 0.25) is 0 Å². The summed E-state index contributed by atoms with van der Waals surface area (Å²) in [7, 11) is 0. The zero-order valence-electron chi connectivity index (χ0n) is 12.9. The normalized spacial score (nSPS) is 13.8. The molecule has 6 nitrogen and oxygen atoms in total. The first-order chi connectivity index (χ1) is 11.6. The third-order valence-electron chi connectivity index (χ3n) is 4.05. The number of amides is 1. The molecule has 0 bridgehead atoms. The fourth-order valence-electron chi connectivity index (χ4n) is 2.77. The van der Waals surface area contributed by atoms with E-state index in [1.54, 1.807) is 28.5 Å². The first kappa shape index (κ1) is 14.9. The molecule has 0 spiro atoms. The summed E-state index contributed by atoms with van der Waals surface area (Å²) in [5.41, 5.74) is 0.749. The van der Waals surface area contributed by atoms with Crippen LogP contribution in [0.5, 0.6) is 0 Å². The standard InChI is InChI=1S/C16H14FN5OS/c1-10-19-20-14-8-21(6-7-22(10)14)16(23)13-9-24-15(18-13)11-4-2-3-5-12(11)17/h2-5,9H,6-8H2,1H3. The van der Waals surface area contributed by atoms with E-state index in [2.05, 4.69) is 15.2 Å². The average Bonchev–Trinajstić information content (AvgIpc) is 3.22. The van der Waals surface area contributed by atoms with Gasteiger partial charge in [-0.3, -0.25) is 4.79 Å². The van der Waals surface area contributed by atoms with Gasteiger partial charge in [0.1, 0.15) is 22.3 Å². The Morgan fingerprint density at radius 2 is 2.08 bits per heavy atom. The number of rotatable bonds is 2.